The van der Waals surface area contributed by atoms with E-state index in [0.717, 1.165) is 69.8 Å². The van der Waals surface area contributed by atoms with Gasteiger partial charge in [-0.1, -0.05) is 37.6 Å². The number of fused-ring (bicyclic) bond motifs is 1. The topological polar surface area (TPSA) is 54.0 Å². The Morgan fingerprint density at radius 3 is 2.55 bits per heavy atom. The highest BCUT2D eigenvalue weighted by atomic mass is 16.5. The van der Waals surface area contributed by atoms with Crippen LogP contribution >= 0.6 is 0 Å². The van der Waals surface area contributed by atoms with Crippen molar-refractivity contribution in [1.29, 1.82) is 0 Å². The number of anilines is 1. The molecule has 0 amide bonds. The molecule has 1 unspecified atom stereocenters. The van der Waals surface area contributed by atoms with Gasteiger partial charge in [0.05, 0.1) is 7.11 Å². The molecule has 0 radical (unpaired) electrons. The van der Waals surface area contributed by atoms with E-state index < -0.39 is 0 Å². The highest BCUT2D eigenvalue weighted by molar-refractivity contribution is 5.57. The van der Waals surface area contributed by atoms with E-state index in [9.17, 15) is 5.11 Å². The number of methoxy groups -OCH3 is 1. The molecule has 0 heterocycles. The number of hydrogen-bond acceptors (Lipinski definition) is 5. The molecule has 1 atom stereocenters. The van der Waals surface area contributed by atoms with Gasteiger partial charge in [0.2, 0.25) is 0 Å². The van der Waals surface area contributed by atoms with E-state index >= 15 is 0 Å². The molecule has 0 saturated heterocycles. The van der Waals surface area contributed by atoms with E-state index in [0.29, 0.717) is 11.7 Å². The average molecular weight is 517 g/mol. The lowest BCUT2D eigenvalue weighted by Gasteiger charge is -2.27. The predicted octanol–water partition coefficient (Wildman–Crippen LogP) is 6.83. The second kappa shape index (κ2) is 14.1. The number of ether oxygens (including phenoxy) is 2. The summed E-state index contributed by atoms with van der Waals surface area (Å²) in [7, 11) is 3.88. The van der Waals surface area contributed by atoms with Gasteiger partial charge in [0.1, 0.15) is 23.9 Å². The van der Waals surface area contributed by atoms with Crippen LogP contribution in [0.2, 0.25) is 0 Å². The van der Waals surface area contributed by atoms with E-state index in [1.54, 1.807) is 13.2 Å². The number of benzene rings is 3. The fourth-order valence-corrected chi connectivity index (χ4v) is 5.31. The van der Waals surface area contributed by atoms with Crippen molar-refractivity contribution in [3.63, 3.8) is 0 Å². The van der Waals surface area contributed by atoms with Crippen molar-refractivity contribution in [3.8, 4) is 17.2 Å². The minimum absolute atomic E-state index is 0.363. The number of rotatable bonds is 14. The zero-order valence-electron chi connectivity index (χ0n) is 23.3. The van der Waals surface area contributed by atoms with Gasteiger partial charge in [-0.25, -0.2) is 0 Å². The van der Waals surface area contributed by atoms with Crippen molar-refractivity contribution in [1.82, 2.24) is 4.90 Å². The molecule has 0 aromatic heterocycles. The molecule has 0 fully saturated rings. The highest BCUT2D eigenvalue weighted by Crippen LogP contribution is 2.38. The lowest BCUT2D eigenvalue weighted by molar-refractivity contribution is 0.235. The number of aryl methyl sites for hydroxylation is 2. The summed E-state index contributed by atoms with van der Waals surface area (Å²) in [6, 6.07) is 20.8. The van der Waals surface area contributed by atoms with Crippen molar-refractivity contribution in [2.45, 2.75) is 57.8 Å². The minimum atomic E-state index is 0.363. The maximum atomic E-state index is 9.83. The molecule has 0 bridgehead atoms. The van der Waals surface area contributed by atoms with Gasteiger partial charge in [-0.2, -0.15) is 0 Å². The standard InChI is InChI=1S/C33H44N2O3/c1-4-5-19-35(2)20-21-38-30-14-8-25(9-15-30)7-6-18-34-33-24-31(37-3)16-17-32(33)28-11-10-27-23-29(36)13-12-26(27)22-28/h8-9,12-17,23-24,28,34,36H,4-7,10-11,18-22H2,1-3H3. The Balaban J connectivity index is 1.27. The molecule has 5 heteroatoms. The third kappa shape index (κ3) is 7.91. The molecule has 1 aliphatic rings. The Hall–Kier alpha value is -3.18. The number of hydrogen-bond donors (Lipinski definition) is 2. The van der Waals surface area contributed by atoms with Crippen LogP contribution in [0.1, 0.15) is 60.8 Å². The Morgan fingerprint density at radius 2 is 1.76 bits per heavy atom. The van der Waals surface area contributed by atoms with Crippen molar-refractivity contribution >= 4 is 5.69 Å². The normalized spacial score (nSPS) is 14.8. The molecular formula is C33H44N2O3. The molecule has 38 heavy (non-hydrogen) atoms. The Bertz CT molecular complexity index is 1150. The molecule has 1 aliphatic carbocycles. The van der Waals surface area contributed by atoms with Gasteiger partial charge in [-0.05, 0) is 111 Å². The van der Waals surface area contributed by atoms with E-state index in [4.69, 9.17) is 9.47 Å². The van der Waals surface area contributed by atoms with Crippen LogP contribution in [0.5, 0.6) is 17.2 Å². The smallest absolute Gasteiger partial charge is 0.120 e. The molecule has 5 nitrogen and oxygen atoms in total. The monoisotopic (exact) mass is 516 g/mol. The molecule has 2 N–H and O–H groups in total. The van der Waals surface area contributed by atoms with E-state index in [1.807, 2.05) is 6.07 Å². The SMILES string of the molecule is CCCCN(C)CCOc1ccc(CCCNc2cc(OC)ccc2C2CCc3cc(O)ccc3C2)cc1. The largest absolute Gasteiger partial charge is 0.508 e. The molecule has 3 aromatic rings. The van der Waals surface area contributed by atoms with Crippen molar-refractivity contribution in [2.75, 3.05) is 45.7 Å². The summed E-state index contributed by atoms with van der Waals surface area (Å²) in [6.45, 7) is 5.94. The van der Waals surface area contributed by atoms with Gasteiger partial charge in [-0.3, -0.25) is 0 Å². The maximum Gasteiger partial charge on any atom is 0.120 e. The Morgan fingerprint density at radius 1 is 0.947 bits per heavy atom. The van der Waals surface area contributed by atoms with Crippen LogP contribution in [-0.2, 0) is 19.3 Å². The fourth-order valence-electron chi connectivity index (χ4n) is 5.31. The van der Waals surface area contributed by atoms with Crippen LogP contribution in [0, 0.1) is 0 Å². The van der Waals surface area contributed by atoms with Gasteiger partial charge in [0.25, 0.3) is 0 Å². The van der Waals surface area contributed by atoms with Gasteiger partial charge in [0.15, 0.2) is 0 Å². The zero-order chi connectivity index (χ0) is 26.7. The molecule has 0 saturated carbocycles. The van der Waals surface area contributed by atoms with Gasteiger partial charge < -0.3 is 24.8 Å². The van der Waals surface area contributed by atoms with Crippen LogP contribution in [0.3, 0.4) is 0 Å². The lowest BCUT2D eigenvalue weighted by Crippen LogP contribution is -2.25. The Kier molecular flexibility index (Phi) is 10.3. The number of phenolic OH excluding ortho intramolecular Hbond substituents is 1. The molecular weight excluding hydrogens is 472 g/mol. The maximum absolute atomic E-state index is 9.83. The van der Waals surface area contributed by atoms with Gasteiger partial charge in [0, 0.05) is 24.8 Å². The van der Waals surface area contributed by atoms with Gasteiger partial charge in [-0.15, -0.1) is 0 Å². The summed E-state index contributed by atoms with van der Waals surface area (Å²) >= 11 is 0. The first-order valence-corrected chi connectivity index (χ1v) is 14.2. The number of nitrogens with zero attached hydrogens (tertiary/aromatic N) is 1. The van der Waals surface area contributed by atoms with Crippen molar-refractivity contribution in [2.24, 2.45) is 0 Å². The summed E-state index contributed by atoms with van der Waals surface area (Å²) in [6.07, 6.45) is 7.61. The van der Waals surface area contributed by atoms with Crippen LogP contribution in [0.15, 0.2) is 60.7 Å². The summed E-state index contributed by atoms with van der Waals surface area (Å²) < 4.78 is 11.5. The van der Waals surface area contributed by atoms with Gasteiger partial charge >= 0.3 is 0 Å². The van der Waals surface area contributed by atoms with E-state index in [-0.39, 0.29) is 0 Å². The molecule has 0 aliphatic heterocycles. The van der Waals surface area contributed by atoms with Crippen LogP contribution < -0.4 is 14.8 Å². The second-order valence-electron chi connectivity index (χ2n) is 10.5. The van der Waals surface area contributed by atoms with Crippen LogP contribution in [0.4, 0.5) is 5.69 Å². The zero-order valence-corrected chi connectivity index (χ0v) is 23.3. The van der Waals surface area contributed by atoms with Crippen molar-refractivity contribution < 1.29 is 14.6 Å². The van der Waals surface area contributed by atoms with E-state index in [2.05, 4.69) is 72.7 Å². The Labute approximate surface area is 228 Å². The molecule has 0 spiro atoms. The third-order valence-corrected chi connectivity index (χ3v) is 7.63. The van der Waals surface area contributed by atoms with Crippen LogP contribution in [-0.4, -0.2) is 50.4 Å². The molecule has 3 aromatic carbocycles. The summed E-state index contributed by atoms with van der Waals surface area (Å²) in [5.74, 6) is 2.65. The summed E-state index contributed by atoms with van der Waals surface area (Å²) in [5, 5.41) is 13.5. The number of likely N-dealkylation sites (N-methyl/N-ethyl adjacent to an activating group) is 1. The molecule has 4 rings (SSSR count). The second-order valence-corrected chi connectivity index (χ2v) is 10.5. The number of nitrogens with one attached hydrogen (secondary N) is 1. The minimum Gasteiger partial charge on any atom is -0.508 e. The van der Waals surface area contributed by atoms with E-state index in [1.165, 1.54) is 40.8 Å². The first kappa shape index (κ1) is 27.8. The first-order valence-electron chi connectivity index (χ1n) is 14.2. The number of unbranched alkanes of at least 4 members (excludes halogenated alkanes) is 1. The van der Waals surface area contributed by atoms with Crippen LogP contribution in [0.25, 0.3) is 0 Å². The third-order valence-electron chi connectivity index (χ3n) is 7.63. The molecule has 204 valence electrons. The average Bonchev–Trinajstić information content (AvgIpc) is 2.94. The summed E-state index contributed by atoms with van der Waals surface area (Å²) in [5.41, 5.74) is 6.48. The predicted molar refractivity (Wildman–Crippen MR) is 157 cm³/mol. The fraction of sp³-hybridized carbons (Fsp3) is 0.455. The first-order chi connectivity index (χ1) is 18.6. The summed E-state index contributed by atoms with van der Waals surface area (Å²) in [4.78, 5) is 2.33. The number of phenols is 1. The number of aromatic hydroxyl groups is 1. The quantitative estimate of drug-likeness (QED) is 0.230. The lowest BCUT2D eigenvalue weighted by atomic mass is 9.79. The highest BCUT2D eigenvalue weighted by Gasteiger charge is 2.23. The van der Waals surface area contributed by atoms with Crippen molar-refractivity contribution in [3.05, 3.63) is 82.9 Å².